The van der Waals surface area contributed by atoms with Crippen molar-refractivity contribution in [3.63, 3.8) is 0 Å². The van der Waals surface area contributed by atoms with Gasteiger partial charge in [-0.1, -0.05) is 0 Å². The Kier molecular flexibility index (Phi) is 2.98. The SMILES string of the molecule is O=Cc1c(F)cc(C(F)F)nc1[N+](=O)[O-]. The molecule has 15 heavy (non-hydrogen) atoms. The van der Waals surface area contributed by atoms with E-state index in [2.05, 4.69) is 4.98 Å². The Morgan fingerprint density at radius 2 is 2.13 bits per heavy atom. The van der Waals surface area contributed by atoms with Gasteiger partial charge < -0.3 is 10.1 Å². The molecule has 1 aromatic heterocycles. The van der Waals surface area contributed by atoms with E-state index in [1.165, 1.54) is 0 Å². The van der Waals surface area contributed by atoms with Gasteiger partial charge in [-0.25, -0.2) is 13.2 Å². The highest BCUT2D eigenvalue weighted by Gasteiger charge is 2.26. The molecule has 5 nitrogen and oxygen atoms in total. The number of carbonyl (C=O) groups is 1. The molecule has 0 aliphatic carbocycles. The summed E-state index contributed by atoms with van der Waals surface area (Å²) in [5, 5.41) is 10.3. The van der Waals surface area contributed by atoms with Crippen LogP contribution in [0.3, 0.4) is 0 Å². The molecule has 0 bridgehead atoms. The number of alkyl halides is 2. The number of halogens is 3. The molecule has 1 rings (SSSR count). The maximum absolute atomic E-state index is 12.9. The van der Waals surface area contributed by atoms with Crippen LogP contribution in [0.1, 0.15) is 22.5 Å². The van der Waals surface area contributed by atoms with Crippen molar-refractivity contribution >= 4 is 12.1 Å². The topological polar surface area (TPSA) is 73.1 Å². The van der Waals surface area contributed by atoms with Crippen molar-refractivity contribution in [1.82, 2.24) is 4.98 Å². The molecule has 0 amide bonds. The molecule has 80 valence electrons. The number of hydrogen-bond acceptors (Lipinski definition) is 4. The fourth-order valence-corrected chi connectivity index (χ4v) is 0.889. The van der Waals surface area contributed by atoms with Crippen LogP contribution in [-0.4, -0.2) is 16.2 Å². The molecular weight excluding hydrogens is 217 g/mol. The lowest BCUT2D eigenvalue weighted by Gasteiger charge is -1.99. The number of aromatic nitrogens is 1. The summed E-state index contributed by atoms with van der Waals surface area (Å²) in [6.07, 6.45) is -3.28. The first-order valence-corrected chi connectivity index (χ1v) is 3.55. The number of aldehydes is 1. The second kappa shape index (κ2) is 4.03. The summed E-state index contributed by atoms with van der Waals surface area (Å²) in [5.41, 5.74) is -2.02. The number of pyridine rings is 1. The van der Waals surface area contributed by atoms with Crippen LogP contribution in [-0.2, 0) is 0 Å². The lowest BCUT2D eigenvalue weighted by atomic mass is 10.2. The van der Waals surface area contributed by atoms with E-state index in [0.29, 0.717) is 6.07 Å². The summed E-state index contributed by atoms with van der Waals surface area (Å²) < 4.78 is 37.1. The van der Waals surface area contributed by atoms with E-state index in [1.54, 1.807) is 0 Å². The molecule has 8 heteroatoms. The van der Waals surface area contributed by atoms with E-state index < -0.39 is 34.2 Å². The predicted octanol–water partition coefficient (Wildman–Crippen LogP) is 1.88. The molecule has 0 unspecified atom stereocenters. The highest BCUT2D eigenvalue weighted by Crippen LogP contribution is 2.24. The van der Waals surface area contributed by atoms with E-state index in [4.69, 9.17) is 0 Å². The summed E-state index contributed by atoms with van der Waals surface area (Å²) in [6.45, 7) is 0. The van der Waals surface area contributed by atoms with Gasteiger partial charge in [0, 0.05) is 6.07 Å². The minimum absolute atomic E-state index is 0.143. The molecular formula is C7H3F3N2O3. The number of rotatable bonds is 3. The lowest BCUT2D eigenvalue weighted by Crippen LogP contribution is -2.04. The largest absolute Gasteiger partial charge is 0.377 e. The van der Waals surface area contributed by atoms with Gasteiger partial charge in [0.2, 0.25) is 5.69 Å². The first kappa shape index (κ1) is 11.1. The number of hydrogen-bond donors (Lipinski definition) is 0. The number of nitro groups is 1. The van der Waals surface area contributed by atoms with Crippen molar-refractivity contribution in [2.75, 3.05) is 0 Å². The van der Waals surface area contributed by atoms with Gasteiger partial charge in [0.05, 0.1) is 0 Å². The third-order valence-corrected chi connectivity index (χ3v) is 1.52. The third-order valence-electron chi connectivity index (χ3n) is 1.52. The van der Waals surface area contributed by atoms with Crippen LogP contribution in [0, 0.1) is 15.9 Å². The minimum atomic E-state index is -3.14. The van der Waals surface area contributed by atoms with Crippen molar-refractivity contribution in [2.45, 2.75) is 6.43 Å². The Hall–Kier alpha value is -1.99. The maximum Gasteiger partial charge on any atom is 0.377 e. The van der Waals surface area contributed by atoms with Crippen molar-refractivity contribution < 1.29 is 22.9 Å². The molecule has 0 spiro atoms. The fraction of sp³-hybridized carbons (Fsp3) is 0.143. The minimum Gasteiger partial charge on any atom is -0.358 e. The Morgan fingerprint density at radius 1 is 1.53 bits per heavy atom. The quantitative estimate of drug-likeness (QED) is 0.442. The van der Waals surface area contributed by atoms with Gasteiger partial charge in [-0.05, 0) is 9.91 Å². The standard InChI is InChI=1S/C7H3F3N2O3/c8-4-1-5(6(9)10)11-7(12(14)15)3(4)2-13/h1-2,6H. The van der Waals surface area contributed by atoms with Crippen LogP contribution < -0.4 is 0 Å². The van der Waals surface area contributed by atoms with Crippen LogP contribution in [0.2, 0.25) is 0 Å². The third kappa shape index (κ3) is 2.09. The van der Waals surface area contributed by atoms with Gasteiger partial charge in [-0.3, -0.25) is 4.79 Å². The molecule has 1 aromatic rings. The maximum atomic E-state index is 12.9. The second-order valence-electron chi connectivity index (χ2n) is 2.44. The fourth-order valence-electron chi connectivity index (χ4n) is 0.889. The second-order valence-corrected chi connectivity index (χ2v) is 2.44. The zero-order chi connectivity index (χ0) is 11.6. The average Bonchev–Trinajstić information content (AvgIpc) is 2.16. The Labute approximate surface area is 80.7 Å². The monoisotopic (exact) mass is 220 g/mol. The highest BCUT2D eigenvalue weighted by atomic mass is 19.3. The van der Waals surface area contributed by atoms with Crippen LogP contribution in [0.15, 0.2) is 6.07 Å². The van der Waals surface area contributed by atoms with E-state index in [-0.39, 0.29) is 6.29 Å². The van der Waals surface area contributed by atoms with Gasteiger partial charge >= 0.3 is 12.2 Å². The summed E-state index contributed by atoms with van der Waals surface area (Å²) in [4.78, 5) is 22.2. The van der Waals surface area contributed by atoms with E-state index in [1.807, 2.05) is 0 Å². The average molecular weight is 220 g/mol. The number of carbonyl (C=O) groups excluding carboxylic acids is 1. The van der Waals surface area contributed by atoms with Crippen molar-refractivity contribution in [3.8, 4) is 0 Å². The molecule has 0 saturated heterocycles. The molecule has 0 aliphatic heterocycles. The Bertz CT molecular complexity index is 422. The molecule has 0 aliphatic rings. The van der Waals surface area contributed by atoms with Crippen molar-refractivity contribution in [3.05, 3.63) is 33.3 Å². The van der Waals surface area contributed by atoms with Crippen LogP contribution in [0.4, 0.5) is 19.0 Å². The Balaban J connectivity index is 3.45. The predicted molar refractivity (Wildman–Crippen MR) is 41.2 cm³/mol. The summed E-state index contributed by atoms with van der Waals surface area (Å²) >= 11 is 0. The molecule has 1 heterocycles. The molecule has 0 saturated carbocycles. The van der Waals surface area contributed by atoms with Crippen LogP contribution in [0.5, 0.6) is 0 Å². The number of nitrogens with zero attached hydrogens (tertiary/aromatic N) is 2. The van der Waals surface area contributed by atoms with Gasteiger partial charge in [0.15, 0.2) is 6.29 Å². The van der Waals surface area contributed by atoms with Crippen molar-refractivity contribution in [2.24, 2.45) is 0 Å². The van der Waals surface area contributed by atoms with Gasteiger partial charge in [0.1, 0.15) is 11.4 Å². The lowest BCUT2D eigenvalue weighted by molar-refractivity contribution is -0.390. The zero-order valence-electron chi connectivity index (χ0n) is 6.99. The highest BCUT2D eigenvalue weighted by molar-refractivity contribution is 5.80. The first-order valence-electron chi connectivity index (χ1n) is 3.55. The Morgan fingerprint density at radius 3 is 2.53 bits per heavy atom. The summed E-state index contributed by atoms with van der Waals surface area (Å²) in [7, 11) is 0. The molecule has 0 N–H and O–H groups in total. The van der Waals surface area contributed by atoms with Crippen LogP contribution >= 0.6 is 0 Å². The smallest absolute Gasteiger partial charge is 0.358 e. The molecule has 0 radical (unpaired) electrons. The summed E-state index contributed by atoms with van der Waals surface area (Å²) in [6, 6.07) is 0.293. The first-order chi connectivity index (χ1) is 6.97. The zero-order valence-corrected chi connectivity index (χ0v) is 6.99. The van der Waals surface area contributed by atoms with Gasteiger partial charge in [-0.2, -0.15) is 0 Å². The molecule has 0 fully saturated rings. The van der Waals surface area contributed by atoms with Crippen LogP contribution in [0.25, 0.3) is 0 Å². The van der Waals surface area contributed by atoms with E-state index in [9.17, 15) is 28.1 Å². The van der Waals surface area contributed by atoms with E-state index in [0.717, 1.165) is 0 Å². The van der Waals surface area contributed by atoms with Gasteiger partial charge in [0.25, 0.3) is 0 Å². The van der Waals surface area contributed by atoms with Gasteiger partial charge in [-0.15, -0.1) is 0 Å². The molecule has 0 atom stereocenters. The summed E-state index contributed by atoms with van der Waals surface area (Å²) in [5.74, 6) is -2.60. The molecule has 0 aromatic carbocycles. The van der Waals surface area contributed by atoms with E-state index >= 15 is 0 Å². The normalized spacial score (nSPS) is 10.4. The van der Waals surface area contributed by atoms with Crippen molar-refractivity contribution in [1.29, 1.82) is 0 Å².